The molecule has 0 saturated carbocycles. The number of allylic oxidation sites excluding steroid dienone is 4. The van der Waals surface area contributed by atoms with Crippen molar-refractivity contribution >= 4 is 26.4 Å². The molecule has 0 N–H and O–H groups in total. The first-order valence-electron chi connectivity index (χ1n) is 13.1. The Hall–Kier alpha value is -1.73. The first kappa shape index (κ1) is 35.5. The van der Waals surface area contributed by atoms with Gasteiger partial charge in [0.25, 0.3) is 0 Å². The number of rotatable bonds is 2. The Kier molecular flexibility index (Phi) is 14.0. The number of hydrogen-bond donors (Lipinski definition) is 0. The fourth-order valence-corrected chi connectivity index (χ4v) is 5.52. The molecule has 0 spiro atoms. The molecule has 2 aliphatic rings. The normalized spacial score (nSPS) is 14.0. The molecule has 0 aromatic heterocycles. The molecule has 0 radical (unpaired) electrons. The van der Waals surface area contributed by atoms with E-state index in [0.717, 1.165) is 16.5 Å². The van der Waals surface area contributed by atoms with Gasteiger partial charge in [-0.25, -0.2) is 6.08 Å². The van der Waals surface area contributed by atoms with Crippen molar-refractivity contribution in [2.75, 3.05) is 0 Å². The Bertz CT molecular complexity index is 1400. The van der Waals surface area contributed by atoms with Crippen LogP contribution in [0.25, 0.3) is 11.1 Å². The van der Waals surface area contributed by atoms with Crippen LogP contribution >= 0.6 is 23.2 Å². The summed E-state index contributed by atoms with van der Waals surface area (Å²) in [6.45, 7) is 8.86. The van der Waals surface area contributed by atoms with Gasteiger partial charge in [0.05, 0.1) is 0 Å². The Morgan fingerprint density at radius 1 is 0.780 bits per heavy atom. The molecule has 4 aromatic carbocycles. The minimum absolute atomic E-state index is 0. The summed E-state index contributed by atoms with van der Waals surface area (Å²) in [5, 5.41) is 1.53. The molecule has 4 aromatic rings. The van der Waals surface area contributed by atoms with E-state index in [1.807, 2.05) is 54.6 Å². The monoisotopic (exact) mass is 694 g/mol. The van der Waals surface area contributed by atoms with Crippen molar-refractivity contribution in [1.29, 1.82) is 0 Å². The average Bonchev–Trinajstić information content (AvgIpc) is 3.54. The molecule has 0 amide bonds. The molecule has 0 bridgehead atoms. The van der Waals surface area contributed by atoms with Gasteiger partial charge in [0.2, 0.25) is 0 Å². The summed E-state index contributed by atoms with van der Waals surface area (Å²) < 4.78 is 1.31. The average molecular weight is 698 g/mol. The second-order valence-corrected chi connectivity index (χ2v) is 12.9. The zero-order valence-electron chi connectivity index (χ0n) is 23.6. The third-order valence-electron chi connectivity index (χ3n) is 6.68. The summed E-state index contributed by atoms with van der Waals surface area (Å²) in [6.07, 6.45) is 8.70. The van der Waals surface area contributed by atoms with E-state index < -0.39 is 0 Å². The molecule has 5 heteroatoms. The summed E-state index contributed by atoms with van der Waals surface area (Å²) in [6, 6.07) is 33.9. The van der Waals surface area contributed by atoms with E-state index in [2.05, 4.69) is 88.4 Å². The first-order chi connectivity index (χ1) is 18.6. The number of halogens is 4. The molecular weight excluding hydrogens is 665 g/mol. The molecule has 0 aliphatic heterocycles. The minimum atomic E-state index is 0. The van der Waals surface area contributed by atoms with Crippen LogP contribution < -0.4 is 24.8 Å². The molecular formula is C36H32Cl4Zr-2. The summed E-state index contributed by atoms with van der Waals surface area (Å²) in [7, 11) is 0. The van der Waals surface area contributed by atoms with E-state index in [9.17, 15) is 0 Å². The van der Waals surface area contributed by atoms with Gasteiger partial charge in [0, 0.05) is 0 Å². The second kappa shape index (κ2) is 16.2. The van der Waals surface area contributed by atoms with Crippen molar-refractivity contribution in [2.45, 2.75) is 34.1 Å². The van der Waals surface area contributed by atoms with Crippen LogP contribution in [0.1, 0.15) is 49.9 Å². The van der Waals surface area contributed by atoms with Gasteiger partial charge in [-0.3, -0.25) is 6.08 Å². The Morgan fingerprint density at radius 2 is 1.32 bits per heavy atom. The van der Waals surface area contributed by atoms with Gasteiger partial charge in [-0.1, -0.05) is 74.4 Å². The van der Waals surface area contributed by atoms with E-state index in [1.165, 1.54) is 66.4 Å². The van der Waals surface area contributed by atoms with Crippen LogP contribution in [-0.4, -0.2) is 3.21 Å². The van der Waals surface area contributed by atoms with Crippen molar-refractivity contribution in [3.63, 3.8) is 0 Å². The minimum Gasteiger partial charge on any atom is -1.00 e. The Morgan fingerprint density at radius 3 is 1.80 bits per heavy atom. The van der Waals surface area contributed by atoms with Crippen LogP contribution in [0, 0.1) is 23.5 Å². The van der Waals surface area contributed by atoms with Crippen molar-refractivity contribution in [3.05, 3.63) is 153 Å². The topological polar surface area (TPSA) is 0 Å². The van der Waals surface area contributed by atoms with Crippen LogP contribution in [0.2, 0.25) is 10.0 Å². The SMILES string of the molecule is CC1[C-]=CC(C(C)(C)C)=C1.Clc1ccc([C](=[Zr+2])c2ccc(Cl)cc2)cc1.[Cl-].[Cl-].[c-]1cccc2c1Cc1ccccc1-2. The first-order valence-corrected chi connectivity index (χ1v) is 15.1. The van der Waals surface area contributed by atoms with Crippen molar-refractivity contribution in [2.24, 2.45) is 11.3 Å². The van der Waals surface area contributed by atoms with Crippen molar-refractivity contribution < 1.29 is 49.0 Å². The predicted molar refractivity (Wildman–Crippen MR) is 164 cm³/mol. The smallest absolute Gasteiger partial charge is 0.0253 e. The van der Waals surface area contributed by atoms with Gasteiger partial charge in [-0.2, -0.15) is 41.5 Å². The Labute approximate surface area is 283 Å². The predicted octanol–water partition coefficient (Wildman–Crippen LogP) is 4.14. The molecule has 6 rings (SSSR count). The van der Waals surface area contributed by atoms with Crippen molar-refractivity contribution in [1.82, 2.24) is 0 Å². The van der Waals surface area contributed by atoms with E-state index >= 15 is 0 Å². The van der Waals surface area contributed by atoms with Crippen LogP contribution in [0.5, 0.6) is 0 Å². The van der Waals surface area contributed by atoms with Gasteiger partial charge < -0.3 is 24.8 Å². The Balaban J connectivity index is 0.000000215. The summed E-state index contributed by atoms with van der Waals surface area (Å²) in [5.74, 6) is 0.522. The van der Waals surface area contributed by atoms with Gasteiger partial charge >= 0.3 is 120 Å². The largest absolute Gasteiger partial charge is 1.00 e. The molecule has 41 heavy (non-hydrogen) atoms. The second-order valence-electron chi connectivity index (χ2n) is 10.8. The maximum atomic E-state index is 5.86. The number of hydrogen-bond acceptors (Lipinski definition) is 0. The van der Waals surface area contributed by atoms with Crippen LogP contribution in [0.3, 0.4) is 0 Å². The molecule has 210 valence electrons. The standard InChI is InChI=1S/C13H8Cl2.C13H9.C10H15.2ClH.Zr/c14-12-5-1-10(2-6-12)9-11-3-7-13(15)8-4-11;1-3-7-12-10(5-1)9-11-6-2-4-8-13(11)12;1-8-5-6-9(7-8)10(2,3)4;;;/h1-8H;1-5,7-8H,9H2;6-8H,1-4H3;2*1H;/q;2*-1;;;+2/p-2. The zero-order valence-corrected chi connectivity index (χ0v) is 29.1. The zero-order chi connectivity index (χ0) is 28.0. The number of benzene rings is 4. The molecule has 0 nitrogen and oxygen atoms in total. The van der Waals surface area contributed by atoms with E-state index in [4.69, 9.17) is 23.2 Å². The van der Waals surface area contributed by atoms with Gasteiger partial charge in [-0.15, -0.1) is 5.56 Å². The molecule has 1 unspecified atom stereocenters. The third-order valence-corrected chi connectivity index (χ3v) is 8.60. The molecule has 1 atom stereocenters. The summed E-state index contributed by atoms with van der Waals surface area (Å²) >= 11 is 13.1. The molecule has 2 aliphatic carbocycles. The van der Waals surface area contributed by atoms with E-state index in [-0.39, 0.29) is 24.8 Å². The molecule has 0 heterocycles. The van der Waals surface area contributed by atoms with Gasteiger partial charge in [0.1, 0.15) is 0 Å². The van der Waals surface area contributed by atoms with Crippen LogP contribution in [-0.2, 0) is 30.7 Å². The quantitative estimate of drug-likeness (QED) is 0.244. The summed E-state index contributed by atoms with van der Waals surface area (Å²) in [4.78, 5) is 0. The molecule has 0 saturated heterocycles. The fourth-order valence-electron chi connectivity index (χ4n) is 4.45. The van der Waals surface area contributed by atoms with E-state index in [1.54, 1.807) is 0 Å². The number of fused-ring (bicyclic) bond motifs is 3. The van der Waals surface area contributed by atoms with Gasteiger partial charge in [0.15, 0.2) is 0 Å². The van der Waals surface area contributed by atoms with Crippen LogP contribution in [0.4, 0.5) is 0 Å². The third kappa shape index (κ3) is 9.91. The summed E-state index contributed by atoms with van der Waals surface area (Å²) in [5.41, 5.74) is 9.66. The maximum absolute atomic E-state index is 5.86. The van der Waals surface area contributed by atoms with Crippen molar-refractivity contribution in [3.8, 4) is 11.1 Å². The van der Waals surface area contributed by atoms with Gasteiger partial charge in [-0.05, 0) is 6.42 Å². The van der Waals surface area contributed by atoms with Crippen LogP contribution in [0.15, 0.2) is 109 Å². The fraction of sp³-hybridized carbons (Fsp3) is 0.194. The maximum Gasteiger partial charge on any atom is -0.0253 e. The van der Waals surface area contributed by atoms with E-state index in [0.29, 0.717) is 11.3 Å². The molecule has 0 fully saturated rings.